The molecule has 14 nitrogen and oxygen atoms in total. The van der Waals surface area contributed by atoms with Gasteiger partial charge in [0.05, 0.1) is 92.1 Å². The van der Waals surface area contributed by atoms with Crippen molar-refractivity contribution in [3.05, 3.63) is 0 Å². The molecule has 0 saturated heterocycles. The first-order valence-corrected chi connectivity index (χ1v) is 20.9. The predicted molar refractivity (Wildman–Crippen MR) is 210 cm³/mol. The van der Waals surface area contributed by atoms with Gasteiger partial charge >= 0.3 is 11.9 Å². The van der Waals surface area contributed by atoms with Gasteiger partial charge in [-0.15, -0.1) is 0 Å². The number of hydrogen-bond acceptors (Lipinski definition) is 14. The Bertz CT molecular complexity index is 681. The molecular weight excluding hydrogens is 700 g/mol. The quantitative estimate of drug-likeness (QED) is 0.0620. The maximum Gasteiger partial charge on any atom is 0.306 e. The molecule has 0 spiro atoms. The van der Waals surface area contributed by atoms with Crippen molar-refractivity contribution >= 4 is 11.9 Å². The van der Waals surface area contributed by atoms with Crippen LogP contribution in [0.25, 0.3) is 0 Å². The Balaban J connectivity index is 4.45. The van der Waals surface area contributed by atoms with E-state index in [-0.39, 0.29) is 26.1 Å². The van der Waals surface area contributed by atoms with Crippen LogP contribution >= 0.6 is 0 Å². The Kier molecular flexibility index (Phi) is 43.1. The summed E-state index contributed by atoms with van der Waals surface area (Å²) in [6, 6.07) is 0. The fraction of sp³-hybridized carbons (Fsp3) is 0.950. The van der Waals surface area contributed by atoms with E-state index in [9.17, 15) is 9.59 Å². The first kappa shape index (κ1) is 52.5. The highest BCUT2D eigenvalue weighted by atomic mass is 16.6. The number of carbonyl (C=O) groups is 2. The summed E-state index contributed by atoms with van der Waals surface area (Å²) in [6.45, 7) is 22.4. The van der Waals surface area contributed by atoms with Crippen molar-refractivity contribution in [3.63, 3.8) is 0 Å². The monoisotopic (exact) mass is 781 g/mol. The Labute approximate surface area is 328 Å². The minimum atomic E-state index is -0.430. The lowest BCUT2D eigenvalue weighted by molar-refractivity contribution is -0.150. The third-order valence-electron chi connectivity index (χ3n) is 8.14. The van der Waals surface area contributed by atoms with Crippen molar-refractivity contribution in [2.75, 3.05) is 158 Å². The van der Waals surface area contributed by atoms with E-state index in [1.165, 1.54) is 0 Å². The Morgan fingerprint density at radius 1 is 0.315 bits per heavy atom. The minimum Gasteiger partial charge on any atom is -0.464 e. The van der Waals surface area contributed by atoms with E-state index < -0.39 is 11.9 Å². The number of ether oxygens (including phenoxy) is 10. The van der Waals surface area contributed by atoms with Crippen molar-refractivity contribution in [1.29, 1.82) is 0 Å². The van der Waals surface area contributed by atoms with Gasteiger partial charge in [-0.3, -0.25) is 19.4 Å². The highest BCUT2D eigenvalue weighted by molar-refractivity contribution is 5.77. The van der Waals surface area contributed by atoms with E-state index in [2.05, 4.69) is 37.5 Å². The Hall–Kier alpha value is -1.46. The van der Waals surface area contributed by atoms with Crippen LogP contribution in [0.4, 0.5) is 0 Å². The molecule has 0 aromatic rings. The van der Waals surface area contributed by atoms with Crippen LogP contribution in [0.15, 0.2) is 0 Å². The van der Waals surface area contributed by atoms with E-state index in [0.717, 1.165) is 77.8 Å². The minimum absolute atomic E-state index is 0.0346. The third-order valence-corrected chi connectivity index (χ3v) is 8.14. The number of carbonyl (C=O) groups excluding carboxylic acids is 2. The lowest BCUT2D eigenvalue weighted by atomic mass is 10.3. The van der Waals surface area contributed by atoms with Crippen LogP contribution in [0.3, 0.4) is 0 Å². The lowest BCUT2D eigenvalue weighted by Crippen LogP contribution is -2.35. The van der Waals surface area contributed by atoms with Crippen molar-refractivity contribution in [1.82, 2.24) is 9.80 Å². The van der Waals surface area contributed by atoms with Crippen LogP contribution < -0.4 is 0 Å². The van der Waals surface area contributed by atoms with Crippen LogP contribution in [-0.2, 0) is 57.0 Å². The molecule has 0 bridgehead atoms. The molecule has 0 aliphatic rings. The molecule has 14 heteroatoms. The number of hydrogen-bond donors (Lipinski definition) is 0. The average molecular weight is 781 g/mol. The normalized spacial score (nSPS) is 11.6. The molecule has 54 heavy (non-hydrogen) atoms. The molecule has 0 atom stereocenters. The summed E-state index contributed by atoms with van der Waals surface area (Å²) in [5, 5.41) is 0. The fourth-order valence-corrected chi connectivity index (χ4v) is 4.64. The molecule has 0 rings (SSSR count). The van der Waals surface area contributed by atoms with Gasteiger partial charge in [-0.1, -0.05) is 53.4 Å². The molecular formula is C40H80N2O12. The summed E-state index contributed by atoms with van der Waals surface area (Å²) in [7, 11) is 0. The van der Waals surface area contributed by atoms with Gasteiger partial charge in [-0.2, -0.15) is 0 Å². The molecule has 0 aliphatic carbocycles. The van der Waals surface area contributed by atoms with Crippen LogP contribution in [0.5, 0.6) is 0 Å². The molecule has 0 amide bonds. The van der Waals surface area contributed by atoms with Gasteiger partial charge in [-0.05, 0) is 25.7 Å². The number of nitrogens with zero attached hydrogens (tertiary/aromatic N) is 2. The van der Waals surface area contributed by atoms with Crippen LogP contribution in [0, 0.1) is 0 Å². The predicted octanol–water partition coefficient (Wildman–Crippen LogP) is 4.79. The zero-order valence-corrected chi connectivity index (χ0v) is 34.8. The Morgan fingerprint density at radius 2 is 0.537 bits per heavy atom. The average Bonchev–Trinajstić information content (AvgIpc) is 3.17. The molecule has 0 radical (unpaired) electrons. The van der Waals surface area contributed by atoms with Crippen molar-refractivity contribution in [2.24, 2.45) is 0 Å². The number of rotatable bonds is 45. The van der Waals surface area contributed by atoms with E-state index in [0.29, 0.717) is 119 Å². The first-order chi connectivity index (χ1) is 26.6. The summed E-state index contributed by atoms with van der Waals surface area (Å²) in [5.41, 5.74) is 0. The molecule has 0 N–H and O–H groups in total. The van der Waals surface area contributed by atoms with Gasteiger partial charge in [-0.25, -0.2) is 0 Å². The summed E-state index contributed by atoms with van der Waals surface area (Å²) < 4.78 is 56.1. The smallest absolute Gasteiger partial charge is 0.306 e. The summed E-state index contributed by atoms with van der Waals surface area (Å²) in [5.74, 6) is -0.859. The topological polar surface area (TPSA) is 133 Å². The standard InChI is InChI=1S/C40H80N2O12/c1-5-9-21-45-31-35-49-25-15-41(16-26-50-36-32-46-22-10-6-2)19-29-53-39(43)13-14-40(44)54-30-20-42(17-27-51-37-33-47-23-11-7-3)18-28-52-38-34-48-24-12-8-4/h5-38H2,1-4H3. The van der Waals surface area contributed by atoms with E-state index in [1.54, 1.807) is 0 Å². The molecule has 0 aromatic heterocycles. The SMILES string of the molecule is CCCCOCCOCCN(CCOCCOCCCC)CCOC(=O)CCC(=O)OCCN(CCOCCOCCCC)CCOCCOCCCC. The zero-order valence-electron chi connectivity index (χ0n) is 34.8. The second-order valence-electron chi connectivity index (χ2n) is 12.9. The van der Waals surface area contributed by atoms with Gasteiger partial charge in [0.15, 0.2) is 0 Å². The fourth-order valence-electron chi connectivity index (χ4n) is 4.64. The molecule has 0 aliphatic heterocycles. The molecule has 0 unspecified atom stereocenters. The van der Waals surface area contributed by atoms with Crippen LogP contribution in [0.2, 0.25) is 0 Å². The molecule has 0 heterocycles. The summed E-state index contributed by atoms with van der Waals surface area (Å²) >= 11 is 0. The maximum absolute atomic E-state index is 12.4. The number of unbranched alkanes of at least 4 members (excludes halogenated alkanes) is 4. The molecule has 322 valence electrons. The van der Waals surface area contributed by atoms with Gasteiger partial charge in [0.2, 0.25) is 0 Å². The Morgan fingerprint density at radius 3 is 0.778 bits per heavy atom. The largest absolute Gasteiger partial charge is 0.464 e. The van der Waals surface area contributed by atoms with E-state index >= 15 is 0 Å². The highest BCUT2D eigenvalue weighted by Gasteiger charge is 2.13. The van der Waals surface area contributed by atoms with Crippen molar-refractivity contribution in [3.8, 4) is 0 Å². The molecule has 0 aromatic carbocycles. The van der Waals surface area contributed by atoms with Crippen LogP contribution in [0.1, 0.15) is 91.9 Å². The van der Waals surface area contributed by atoms with Crippen LogP contribution in [-0.4, -0.2) is 180 Å². The highest BCUT2D eigenvalue weighted by Crippen LogP contribution is 2.00. The molecule has 0 saturated carbocycles. The lowest BCUT2D eigenvalue weighted by Gasteiger charge is -2.22. The van der Waals surface area contributed by atoms with E-state index in [4.69, 9.17) is 47.4 Å². The van der Waals surface area contributed by atoms with Crippen molar-refractivity contribution < 1.29 is 57.0 Å². The summed E-state index contributed by atoms with van der Waals surface area (Å²) in [4.78, 5) is 29.2. The molecule has 0 fully saturated rings. The summed E-state index contributed by atoms with van der Waals surface area (Å²) in [6.07, 6.45) is 8.57. The third kappa shape index (κ3) is 40.2. The van der Waals surface area contributed by atoms with Gasteiger partial charge in [0, 0.05) is 65.7 Å². The first-order valence-electron chi connectivity index (χ1n) is 20.9. The van der Waals surface area contributed by atoms with E-state index in [1.807, 2.05) is 0 Å². The number of esters is 2. The van der Waals surface area contributed by atoms with Gasteiger partial charge in [0.25, 0.3) is 0 Å². The van der Waals surface area contributed by atoms with Gasteiger partial charge < -0.3 is 47.4 Å². The van der Waals surface area contributed by atoms with Gasteiger partial charge in [0.1, 0.15) is 13.2 Å². The zero-order chi connectivity index (χ0) is 39.4. The maximum atomic E-state index is 12.4. The second-order valence-corrected chi connectivity index (χ2v) is 12.9. The second kappa shape index (κ2) is 44.3. The van der Waals surface area contributed by atoms with Crippen molar-refractivity contribution in [2.45, 2.75) is 91.9 Å².